The number of thioether (sulfide) groups is 1. The van der Waals surface area contributed by atoms with Gasteiger partial charge in [-0.15, -0.1) is 6.58 Å². The minimum Gasteiger partial charge on any atom is -0.346 e. The Hall–Kier alpha value is -4.00. The number of rotatable bonds is 17. The lowest BCUT2D eigenvalue weighted by molar-refractivity contribution is -0.169. The van der Waals surface area contributed by atoms with E-state index in [0.29, 0.717) is 5.56 Å². The third kappa shape index (κ3) is 10.0. The molecule has 0 radical (unpaired) electrons. The van der Waals surface area contributed by atoms with E-state index in [1.54, 1.807) is 41.3 Å². The first-order valence-electron chi connectivity index (χ1n) is 14.1. The highest BCUT2D eigenvalue weighted by Gasteiger charge is 2.37. The Bertz CT molecular complexity index is 1630. The predicted molar refractivity (Wildman–Crippen MR) is 165 cm³/mol. The van der Waals surface area contributed by atoms with E-state index >= 15 is 0 Å². The van der Waals surface area contributed by atoms with Gasteiger partial charge in [0, 0.05) is 11.3 Å². The zero-order valence-electron chi connectivity index (χ0n) is 25.2. The molecule has 0 bridgehead atoms. The van der Waals surface area contributed by atoms with Gasteiger partial charge in [-0.3, -0.25) is 9.59 Å². The molecule has 0 aromatic heterocycles. The first kappa shape index (κ1) is 38.4. The number of nitrogens with one attached hydrogen (secondary N) is 3. The highest BCUT2D eigenvalue weighted by Crippen LogP contribution is 2.27. The maximum Gasteiger partial charge on any atom is 0.247 e. The van der Waals surface area contributed by atoms with Gasteiger partial charge < -0.3 is 20.1 Å². The molecule has 1 heterocycles. The van der Waals surface area contributed by atoms with Gasteiger partial charge in [-0.25, -0.2) is 30.4 Å². The van der Waals surface area contributed by atoms with Gasteiger partial charge in [0.1, 0.15) is 12.1 Å². The molecule has 5 atom stereocenters. The topological polar surface area (TPSA) is 172 Å². The number of carbonyl (C=O) groups excluding carboxylic acids is 2. The van der Waals surface area contributed by atoms with Crippen molar-refractivity contribution in [1.82, 2.24) is 15.4 Å². The molecule has 12 nitrogen and oxygen atoms in total. The van der Waals surface area contributed by atoms with E-state index in [1.165, 1.54) is 18.2 Å². The van der Waals surface area contributed by atoms with Crippen molar-refractivity contribution in [3.8, 4) is 0 Å². The first-order chi connectivity index (χ1) is 22.8. The Labute approximate surface area is 276 Å². The summed E-state index contributed by atoms with van der Waals surface area (Å²) < 4.78 is 109. The van der Waals surface area contributed by atoms with E-state index in [4.69, 9.17) is 15.0 Å². The van der Waals surface area contributed by atoms with Crippen molar-refractivity contribution in [3.05, 3.63) is 100 Å². The minimum absolute atomic E-state index is 0.0175. The Morgan fingerprint density at radius 3 is 2.31 bits per heavy atom. The van der Waals surface area contributed by atoms with Gasteiger partial charge in [-0.2, -0.15) is 16.5 Å². The van der Waals surface area contributed by atoms with Crippen LogP contribution in [0.25, 0.3) is 10.4 Å². The maximum atomic E-state index is 14.4. The molecule has 0 unspecified atom stereocenters. The number of sulfonamides is 1. The highest BCUT2D eigenvalue weighted by atomic mass is 32.2. The number of hydrogen-bond acceptors (Lipinski definition) is 8. The number of halogens is 5. The maximum absolute atomic E-state index is 14.4. The van der Waals surface area contributed by atoms with Gasteiger partial charge in [0.15, 0.2) is 34.5 Å². The van der Waals surface area contributed by atoms with E-state index in [-0.39, 0.29) is 31.7 Å². The number of carbonyl (C=O) groups is 2. The lowest BCUT2D eigenvalue weighted by Crippen LogP contribution is -2.57. The summed E-state index contributed by atoms with van der Waals surface area (Å²) in [6, 6.07) is 4.25. The molecule has 0 spiro atoms. The molecule has 3 N–H and O–H groups in total. The fraction of sp³-hybridized carbons (Fsp3) is 0.379. The minimum atomic E-state index is -5.52. The molecular formula is C29H31F5N6O6S2. The average Bonchev–Trinajstić information content (AvgIpc) is 3.07. The molecule has 1 aliphatic heterocycles. The van der Waals surface area contributed by atoms with E-state index in [0.717, 1.165) is 11.8 Å². The summed E-state index contributed by atoms with van der Waals surface area (Å²) in [6.07, 6.45) is 3.94. The Kier molecular flexibility index (Phi) is 14.4. The molecule has 48 heavy (non-hydrogen) atoms. The third-order valence-corrected chi connectivity index (χ3v) is 8.86. The van der Waals surface area contributed by atoms with Crippen LogP contribution >= 0.6 is 11.8 Å². The summed E-state index contributed by atoms with van der Waals surface area (Å²) in [7, 11) is -5.52. The van der Waals surface area contributed by atoms with E-state index < -0.39 is 86.3 Å². The third-order valence-electron chi connectivity index (χ3n) is 6.73. The molecule has 2 amide bonds. The summed E-state index contributed by atoms with van der Waals surface area (Å²) >= 11 is 1.16. The normalized spacial score (nSPS) is 18.8. The van der Waals surface area contributed by atoms with E-state index in [2.05, 4.69) is 27.2 Å². The van der Waals surface area contributed by atoms with Crippen molar-refractivity contribution in [2.24, 2.45) is 5.11 Å². The largest absolute Gasteiger partial charge is 0.346 e. The molecule has 1 aliphatic rings. The second-order valence-electron chi connectivity index (χ2n) is 10.1. The van der Waals surface area contributed by atoms with Crippen molar-refractivity contribution in [2.45, 2.75) is 48.3 Å². The monoisotopic (exact) mass is 718 g/mol. The van der Waals surface area contributed by atoms with Crippen molar-refractivity contribution in [2.75, 3.05) is 25.2 Å². The number of azide groups is 1. The second kappa shape index (κ2) is 18.0. The summed E-state index contributed by atoms with van der Waals surface area (Å²) in [5.74, 6) is -14.6. The van der Waals surface area contributed by atoms with Crippen molar-refractivity contribution >= 4 is 33.6 Å². The Balaban J connectivity index is 1.91. The van der Waals surface area contributed by atoms with Crippen molar-refractivity contribution in [3.63, 3.8) is 0 Å². The standard InChI is InChI=1S/C29H31F5N6O6S2/c1-3-12-45-29-19(10-9-17(46-29)15-36-40-35)37-28(42)20(14-16-7-5-4-6-8-16)38-27(41)18(11-13-47-2)39-48(43,44)26-24(33)22(31)21(30)23(32)25(26)34/h3-10,17-20,29,39H,1,11-15H2,2H3,(H,37,42)(H,38,41)/t17-,18-,19-,20-,29-/m0/s1. The van der Waals surface area contributed by atoms with Gasteiger partial charge in [0.2, 0.25) is 27.7 Å². The highest BCUT2D eigenvalue weighted by molar-refractivity contribution is 7.98. The smallest absolute Gasteiger partial charge is 0.247 e. The van der Waals surface area contributed by atoms with Gasteiger partial charge in [-0.1, -0.05) is 53.7 Å². The van der Waals surface area contributed by atoms with Crippen LogP contribution in [0.4, 0.5) is 22.0 Å². The molecule has 0 fully saturated rings. The second-order valence-corrected chi connectivity index (χ2v) is 12.7. The number of nitrogens with zero attached hydrogens (tertiary/aromatic N) is 3. The number of ether oxygens (including phenoxy) is 2. The summed E-state index contributed by atoms with van der Waals surface area (Å²) in [5, 5.41) is 8.57. The molecule has 0 saturated heterocycles. The zero-order valence-corrected chi connectivity index (χ0v) is 26.9. The molecule has 2 aromatic carbocycles. The summed E-state index contributed by atoms with van der Waals surface area (Å²) in [6.45, 7) is 3.52. The number of hydrogen-bond donors (Lipinski definition) is 3. The zero-order chi connectivity index (χ0) is 35.4. The van der Waals surface area contributed by atoms with Gasteiger partial charge >= 0.3 is 0 Å². The molecule has 3 rings (SSSR count). The molecule has 260 valence electrons. The van der Waals surface area contributed by atoms with Gasteiger partial charge in [0.25, 0.3) is 0 Å². The SMILES string of the molecule is C=CCO[C@H]1O[C@H](CN=[N+]=[N-])C=C[C@@H]1NC(=O)[C@H](Cc1ccccc1)NC(=O)[C@H](CCSC)NS(=O)(=O)c1c(F)c(F)c(F)c(F)c1F. The fourth-order valence-electron chi connectivity index (χ4n) is 4.42. The molecule has 0 saturated carbocycles. The van der Waals surface area contributed by atoms with E-state index in [1.807, 2.05) is 0 Å². The Morgan fingerprint density at radius 2 is 1.71 bits per heavy atom. The lowest BCUT2D eigenvalue weighted by atomic mass is 10.0. The van der Waals surface area contributed by atoms with Gasteiger partial charge in [0.05, 0.1) is 25.3 Å². The quantitative estimate of drug-likeness (QED) is 0.0425. The molecule has 19 heteroatoms. The number of benzene rings is 2. The van der Waals surface area contributed by atoms with Crippen LogP contribution < -0.4 is 15.4 Å². The Morgan fingerprint density at radius 1 is 1.06 bits per heavy atom. The number of amides is 2. The van der Waals surface area contributed by atoms with Crippen molar-refractivity contribution in [1.29, 1.82) is 0 Å². The molecule has 2 aromatic rings. The fourth-order valence-corrected chi connectivity index (χ4v) is 6.26. The van der Waals surface area contributed by atoms with Crippen LogP contribution in [0, 0.1) is 29.1 Å². The lowest BCUT2D eigenvalue weighted by Gasteiger charge is -2.33. The molecule has 0 aliphatic carbocycles. The van der Waals surface area contributed by atoms with Crippen LogP contribution in [-0.2, 0) is 35.5 Å². The van der Waals surface area contributed by atoms with Crippen LogP contribution in [0.15, 0.2) is 65.1 Å². The van der Waals surface area contributed by atoms with Crippen LogP contribution in [0.5, 0.6) is 0 Å². The van der Waals surface area contributed by atoms with Crippen LogP contribution in [0.3, 0.4) is 0 Å². The average molecular weight is 719 g/mol. The summed E-state index contributed by atoms with van der Waals surface area (Å²) in [5.41, 5.74) is 9.19. The van der Waals surface area contributed by atoms with Gasteiger partial charge in [-0.05, 0) is 29.5 Å². The molecular weight excluding hydrogens is 687 g/mol. The summed E-state index contributed by atoms with van der Waals surface area (Å²) in [4.78, 5) is 27.7. The first-order valence-corrected chi connectivity index (χ1v) is 17.0. The van der Waals surface area contributed by atoms with Crippen molar-refractivity contribution < 1.29 is 49.4 Å². The van der Waals surface area contributed by atoms with Crippen LogP contribution in [0.1, 0.15) is 12.0 Å². The van der Waals surface area contributed by atoms with Crippen LogP contribution in [-0.4, -0.2) is 75.9 Å². The van der Waals surface area contributed by atoms with Crippen LogP contribution in [0.2, 0.25) is 0 Å². The van der Waals surface area contributed by atoms with E-state index in [9.17, 15) is 40.0 Å². The predicted octanol–water partition coefficient (Wildman–Crippen LogP) is 3.79.